The van der Waals surface area contributed by atoms with E-state index in [2.05, 4.69) is 20.5 Å². The average molecular weight is 426 g/mol. The van der Waals surface area contributed by atoms with E-state index in [4.69, 9.17) is 9.47 Å². The molecule has 1 aromatic carbocycles. The van der Waals surface area contributed by atoms with Gasteiger partial charge in [-0.1, -0.05) is 0 Å². The number of hydrogen-bond donors (Lipinski definition) is 2. The van der Waals surface area contributed by atoms with Crippen LogP contribution in [0.1, 0.15) is 49.5 Å². The van der Waals surface area contributed by atoms with Crippen molar-refractivity contribution in [1.82, 2.24) is 25.2 Å². The SMILES string of the molecule is COc1ccc2[nH]c(=O)c([C@H](c3nnnn3C[C@H]3CCCO3)[NH+]3CCCCC3)cc2c1. The Kier molecular flexibility index (Phi) is 5.69. The predicted molar refractivity (Wildman–Crippen MR) is 114 cm³/mol. The molecule has 2 aliphatic rings. The van der Waals surface area contributed by atoms with Gasteiger partial charge in [-0.2, -0.15) is 0 Å². The summed E-state index contributed by atoms with van der Waals surface area (Å²) in [7, 11) is 1.65. The monoisotopic (exact) mass is 425 g/mol. The summed E-state index contributed by atoms with van der Waals surface area (Å²) >= 11 is 0. The maximum atomic E-state index is 13.2. The number of nitrogens with one attached hydrogen (secondary N) is 2. The Morgan fingerprint density at radius 2 is 2.13 bits per heavy atom. The molecule has 0 bridgehead atoms. The highest BCUT2D eigenvalue weighted by molar-refractivity contribution is 5.80. The third kappa shape index (κ3) is 4.07. The van der Waals surface area contributed by atoms with Gasteiger partial charge in [0.2, 0.25) is 5.82 Å². The number of hydrogen-bond acceptors (Lipinski definition) is 6. The molecule has 9 nitrogen and oxygen atoms in total. The highest BCUT2D eigenvalue weighted by Gasteiger charge is 2.35. The van der Waals surface area contributed by atoms with Crippen LogP contribution in [0.25, 0.3) is 10.9 Å². The van der Waals surface area contributed by atoms with Crippen LogP contribution in [-0.2, 0) is 11.3 Å². The molecule has 2 atom stereocenters. The number of quaternary nitrogens is 1. The largest absolute Gasteiger partial charge is 0.497 e. The zero-order valence-corrected chi connectivity index (χ0v) is 17.8. The van der Waals surface area contributed by atoms with E-state index in [1.807, 2.05) is 28.9 Å². The number of pyridine rings is 1. The van der Waals surface area contributed by atoms with E-state index >= 15 is 0 Å². The molecule has 0 amide bonds. The Hall–Kier alpha value is -2.78. The molecule has 9 heteroatoms. The molecule has 164 valence electrons. The number of nitrogens with zero attached hydrogens (tertiary/aromatic N) is 4. The standard InChI is InChI=1S/C22H28N6O3/c1-30-16-7-8-19-15(12-16)13-18(22(29)23-19)20(27-9-3-2-4-10-27)21-24-25-26-28(21)14-17-6-5-11-31-17/h7-8,12-13,17,20H,2-6,9-11,14H2,1H3,(H,23,29)/p+1/t17-,20-/m1/s1. The van der Waals surface area contributed by atoms with E-state index in [-0.39, 0.29) is 17.7 Å². The molecule has 4 heterocycles. The van der Waals surface area contributed by atoms with Gasteiger partial charge in [0, 0.05) is 17.5 Å². The number of aromatic amines is 1. The minimum atomic E-state index is -0.226. The van der Waals surface area contributed by atoms with Crippen LogP contribution in [0.5, 0.6) is 5.75 Å². The molecule has 0 unspecified atom stereocenters. The van der Waals surface area contributed by atoms with Gasteiger partial charge >= 0.3 is 0 Å². The Labute approximate surface area is 180 Å². The fourth-order valence-electron chi connectivity index (χ4n) is 4.91. The van der Waals surface area contributed by atoms with Crippen LogP contribution < -0.4 is 15.2 Å². The fraction of sp³-hybridized carbons (Fsp3) is 0.545. The smallest absolute Gasteiger partial charge is 0.258 e. The highest BCUT2D eigenvalue weighted by atomic mass is 16.5. The van der Waals surface area contributed by atoms with Crippen molar-refractivity contribution in [2.75, 3.05) is 26.8 Å². The third-order valence-electron chi connectivity index (χ3n) is 6.51. The lowest BCUT2D eigenvalue weighted by atomic mass is 10.0. The van der Waals surface area contributed by atoms with Crippen molar-refractivity contribution in [3.63, 3.8) is 0 Å². The minimum Gasteiger partial charge on any atom is -0.497 e. The average Bonchev–Trinajstić information content (AvgIpc) is 3.48. The molecule has 0 radical (unpaired) electrons. The second-order valence-corrected chi connectivity index (χ2v) is 8.51. The van der Waals surface area contributed by atoms with Crippen LogP contribution >= 0.6 is 0 Å². The van der Waals surface area contributed by atoms with E-state index in [1.165, 1.54) is 11.3 Å². The van der Waals surface area contributed by atoms with E-state index in [9.17, 15) is 4.79 Å². The lowest BCUT2D eigenvalue weighted by Crippen LogP contribution is -3.13. The van der Waals surface area contributed by atoms with Gasteiger partial charge in [-0.15, -0.1) is 5.10 Å². The molecule has 31 heavy (non-hydrogen) atoms. The number of fused-ring (bicyclic) bond motifs is 1. The molecule has 3 aromatic rings. The topological polar surface area (TPSA) is 99.4 Å². The Balaban J connectivity index is 1.59. The summed E-state index contributed by atoms with van der Waals surface area (Å²) in [5.74, 6) is 1.50. The minimum absolute atomic E-state index is 0.0904. The van der Waals surface area contributed by atoms with Crippen LogP contribution in [-0.4, -0.2) is 58.1 Å². The van der Waals surface area contributed by atoms with Gasteiger partial charge in [-0.05, 0) is 66.8 Å². The molecular formula is C22H29N6O3+. The summed E-state index contributed by atoms with van der Waals surface area (Å²) in [5, 5.41) is 13.6. The van der Waals surface area contributed by atoms with Crippen LogP contribution in [0, 0.1) is 0 Å². The van der Waals surface area contributed by atoms with Crippen molar-refractivity contribution in [3.05, 3.63) is 46.0 Å². The van der Waals surface area contributed by atoms with Gasteiger partial charge < -0.3 is 19.4 Å². The van der Waals surface area contributed by atoms with Crippen LogP contribution in [0.15, 0.2) is 29.1 Å². The van der Waals surface area contributed by atoms with Crippen molar-refractivity contribution in [2.24, 2.45) is 0 Å². The second-order valence-electron chi connectivity index (χ2n) is 8.51. The summed E-state index contributed by atoms with van der Waals surface area (Å²) in [4.78, 5) is 17.6. The lowest BCUT2D eigenvalue weighted by Gasteiger charge is -2.30. The van der Waals surface area contributed by atoms with E-state index in [0.717, 1.165) is 67.9 Å². The van der Waals surface area contributed by atoms with E-state index in [0.29, 0.717) is 12.1 Å². The Morgan fingerprint density at radius 3 is 2.90 bits per heavy atom. The summed E-state index contributed by atoms with van der Waals surface area (Å²) in [6, 6.07) is 7.44. The van der Waals surface area contributed by atoms with Gasteiger partial charge in [0.25, 0.3) is 5.56 Å². The van der Waals surface area contributed by atoms with Gasteiger partial charge in [0.1, 0.15) is 5.75 Å². The van der Waals surface area contributed by atoms with E-state index in [1.54, 1.807) is 7.11 Å². The molecule has 0 saturated carbocycles. The maximum Gasteiger partial charge on any atom is 0.258 e. The van der Waals surface area contributed by atoms with Crippen molar-refractivity contribution in [2.45, 2.75) is 50.8 Å². The quantitative estimate of drug-likeness (QED) is 0.608. The second kappa shape index (κ2) is 8.76. The summed E-state index contributed by atoms with van der Waals surface area (Å²) < 4.78 is 13.0. The zero-order chi connectivity index (χ0) is 21.2. The van der Waals surface area contributed by atoms with Gasteiger partial charge in [0.15, 0.2) is 6.04 Å². The van der Waals surface area contributed by atoms with Gasteiger partial charge in [-0.25, -0.2) is 4.68 Å². The first-order valence-corrected chi connectivity index (χ1v) is 11.2. The number of aromatic nitrogens is 5. The maximum absolute atomic E-state index is 13.2. The summed E-state index contributed by atoms with van der Waals surface area (Å²) in [6.45, 7) is 3.39. The van der Waals surface area contributed by atoms with Crippen molar-refractivity contribution < 1.29 is 14.4 Å². The normalized spacial score (nSPS) is 20.9. The number of ether oxygens (including phenoxy) is 2. The van der Waals surface area contributed by atoms with Crippen LogP contribution in [0.3, 0.4) is 0 Å². The number of benzene rings is 1. The molecule has 2 aromatic heterocycles. The molecule has 2 saturated heterocycles. The Morgan fingerprint density at radius 1 is 1.26 bits per heavy atom. The van der Waals surface area contributed by atoms with Crippen molar-refractivity contribution in [3.8, 4) is 5.75 Å². The first kappa shape index (κ1) is 20.1. The fourth-order valence-corrected chi connectivity index (χ4v) is 4.91. The molecule has 5 rings (SSSR count). The summed E-state index contributed by atoms with van der Waals surface area (Å²) in [5.41, 5.74) is 1.40. The zero-order valence-electron chi connectivity index (χ0n) is 17.8. The summed E-state index contributed by atoms with van der Waals surface area (Å²) in [6.07, 6.45) is 5.70. The first-order valence-electron chi connectivity index (χ1n) is 11.2. The third-order valence-corrected chi connectivity index (χ3v) is 6.51. The number of piperidine rings is 1. The predicted octanol–water partition coefficient (Wildman–Crippen LogP) is 0.860. The number of methoxy groups -OCH3 is 1. The number of rotatable bonds is 6. The van der Waals surface area contributed by atoms with Crippen LogP contribution in [0.2, 0.25) is 0 Å². The molecule has 2 fully saturated rings. The Bertz CT molecular complexity index is 1100. The van der Waals surface area contributed by atoms with Crippen molar-refractivity contribution in [1.29, 1.82) is 0 Å². The molecule has 0 spiro atoms. The van der Waals surface area contributed by atoms with Crippen molar-refractivity contribution >= 4 is 10.9 Å². The molecule has 0 aliphatic carbocycles. The number of tetrazole rings is 1. The van der Waals surface area contributed by atoms with E-state index < -0.39 is 0 Å². The van der Waals surface area contributed by atoms with Gasteiger partial charge in [-0.3, -0.25) is 4.79 Å². The number of H-pyrrole nitrogens is 1. The number of likely N-dealkylation sites (tertiary alicyclic amines) is 1. The van der Waals surface area contributed by atoms with Crippen LogP contribution in [0.4, 0.5) is 0 Å². The highest BCUT2D eigenvalue weighted by Crippen LogP contribution is 2.23. The molecule has 2 N–H and O–H groups in total. The lowest BCUT2D eigenvalue weighted by molar-refractivity contribution is -0.931. The van der Waals surface area contributed by atoms with Gasteiger partial charge in [0.05, 0.1) is 38.4 Å². The molecule has 2 aliphatic heterocycles. The molecular weight excluding hydrogens is 396 g/mol. The first-order chi connectivity index (χ1) is 15.2.